The summed E-state index contributed by atoms with van der Waals surface area (Å²) in [6.45, 7) is 5.84. The smallest absolute Gasteiger partial charge is 0.256 e. The molecule has 0 unspecified atom stereocenters. The van der Waals surface area contributed by atoms with Crippen LogP contribution in [0.2, 0.25) is 0 Å². The van der Waals surface area contributed by atoms with E-state index in [9.17, 15) is 9.18 Å². The predicted octanol–water partition coefficient (Wildman–Crippen LogP) is 3.48. The number of halogens is 1. The Morgan fingerprint density at radius 2 is 2.00 bits per heavy atom. The average molecular weight is 249 g/mol. The van der Waals surface area contributed by atoms with Crippen molar-refractivity contribution >= 4 is 5.91 Å². The van der Waals surface area contributed by atoms with Crippen molar-refractivity contribution in [3.05, 3.63) is 35.6 Å². The van der Waals surface area contributed by atoms with Crippen LogP contribution in [0.3, 0.4) is 0 Å². The van der Waals surface area contributed by atoms with Crippen LogP contribution in [-0.2, 0) is 0 Å². The first-order chi connectivity index (χ1) is 8.62. The van der Waals surface area contributed by atoms with Crippen molar-refractivity contribution in [1.29, 1.82) is 0 Å². The lowest BCUT2D eigenvalue weighted by Gasteiger charge is -2.26. The molecule has 1 heterocycles. The summed E-state index contributed by atoms with van der Waals surface area (Å²) >= 11 is 0. The number of carbonyl (C=O) groups is 1. The first-order valence-electron chi connectivity index (χ1n) is 6.65. The highest BCUT2D eigenvalue weighted by Crippen LogP contribution is 2.37. The molecule has 0 spiro atoms. The number of benzene rings is 1. The third-order valence-corrected chi connectivity index (χ3v) is 4.33. The Kier molecular flexibility index (Phi) is 3.69. The van der Waals surface area contributed by atoms with E-state index in [1.165, 1.54) is 6.07 Å². The molecule has 1 aliphatic rings. The maximum absolute atomic E-state index is 13.6. The zero-order chi connectivity index (χ0) is 13.2. The van der Waals surface area contributed by atoms with Crippen LogP contribution >= 0.6 is 0 Å². The Morgan fingerprint density at radius 1 is 1.33 bits per heavy atom. The van der Waals surface area contributed by atoms with Gasteiger partial charge in [-0.3, -0.25) is 4.79 Å². The first-order valence-corrected chi connectivity index (χ1v) is 6.65. The Balaban J connectivity index is 2.15. The second-order valence-electron chi connectivity index (χ2n) is 5.16. The molecule has 18 heavy (non-hydrogen) atoms. The number of hydrogen-bond donors (Lipinski definition) is 0. The third kappa shape index (κ3) is 2.26. The average Bonchev–Trinajstić information content (AvgIpc) is 2.84. The van der Waals surface area contributed by atoms with Crippen LogP contribution in [0.25, 0.3) is 0 Å². The van der Waals surface area contributed by atoms with Gasteiger partial charge in [-0.05, 0) is 36.8 Å². The lowest BCUT2D eigenvalue weighted by atomic mass is 9.82. The van der Waals surface area contributed by atoms with E-state index >= 15 is 0 Å². The van der Waals surface area contributed by atoms with E-state index in [1.54, 1.807) is 23.1 Å². The molecule has 0 aromatic heterocycles. The molecule has 1 aromatic carbocycles. The van der Waals surface area contributed by atoms with Gasteiger partial charge in [-0.25, -0.2) is 4.39 Å². The summed E-state index contributed by atoms with van der Waals surface area (Å²) in [6, 6.07) is 6.23. The number of carbonyl (C=O) groups excluding carboxylic acids is 1. The van der Waals surface area contributed by atoms with Crippen molar-refractivity contribution in [2.45, 2.75) is 33.1 Å². The third-order valence-electron chi connectivity index (χ3n) is 4.33. The molecule has 0 atom stereocenters. The summed E-state index contributed by atoms with van der Waals surface area (Å²) in [5.41, 5.74) is 0.432. The summed E-state index contributed by atoms with van der Waals surface area (Å²) in [4.78, 5) is 14.1. The van der Waals surface area contributed by atoms with Gasteiger partial charge in [0.2, 0.25) is 0 Å². The van der Waals surface area contributed by atoms with Gasteiger partial charge in [0.05, 0.1) is 5.56 Å². The SMILES string of the molecule is CCC1(CC)CCN(C(=O)c2ccccc2F)C1. The Hall–Kier alpha value is -1.38. The van der Waals surface area contributed by atoms with E-state index < -0.39 is 5.82 Å². The highest BCUT2D eigenvalue weighted by Gasteiger charge is 2.37. The fourth-order valence-electron chi connectivity index (χ4n) is 2.74. The summed E-state index contributed by atoms with van der Waals surface area (Å²) in [5, 5.41) is 0. The van der Waals surface area contributed by atoms with Crippen molar-refractivity contribution < 1.29 is 9.18 Å². The fraction of sp³-hybridized carbons (Fsp3) is 0.533. The minimum Gasteiger partial charge on any atom is -0.338 e. The molecule has 0 radical (unpaired) electrons. The van der Waals surface area contributed by atoms with E-state index in [-0.39, 0.29) is 16.9 Å². The maximum atomic E-state index is 13.6. The molecule has 1 aliphatic heterocycles. The number of amides is 1. The van der Waals surface area contributed by atoms with Crippen LogP contribution in [0.15, 0.2) is 24.3 Å². The van der Waals surface area contributed by atoms with Crippen molar-refractivity contribution in [2.75, 3.05) is 13.1 Å². The first kappa shape index (κ1) is 13.1. The Labute approximate surface area is 108 Å². The van der Waals surface area contributed by atoms with Crippen molar-refractivity contribution in [3.8, 4) is 0 Å². The molecule has 2 nitrogen and oxygen atoms in total. The Morgan fingerprint density at radius 3 is 2.56 bits per heavy atom. The molecule has 0 N–H and O–H groups in total. The van der Waals surface area contributed by atoms with Gasteiger partial charge in [0.25, 0.3) is 5.91 Å². The lowest BCUT2D eigenvalue weighted by Crippen LogP contribution is -2.32. The van der Waals surface area contributed by atoms with E-state index in [0.717, 1.165) is 32.4 Å². The zero-order valence-corrected chi connectivity index (χ0v) is 11.1. The van der Waals surface area contributed by atoms with Crippen molar-refractivity contribution in [1.82, 2.24) is 4.90 Å². The maximum Gasteiger partial charge on any atom is 0.256 e. The van der Waals surface area contributed by atoms with Gasteiger partial charge in [-0.15, -0.1) is 0 Å². The molecule has 1 aromatic rings. The molecule has 2 rings (SSSR count). The minimum absolute atomic E-state index is 0.170. The van der Waals surface area contributed by atoms with Crippen molar-refractivity contribution in [3.63, 3.8) is 0 Å². The van der Waals surface area contributed by atoms with Crippen LogP contribution in [0.4, 0.5) is 4.39 Å². The largest absolute Gasteiger partial charge is 0.338 e. The number of nitrogens with zero attached hydrogens (tertiary/aromatic N) is 1. The molecular weight excluding hydrogens is 229 g/mol. The quantitative estimate of drug-likeness (QED) is 0.803. The van der Waals surface area contributed by atoms with Gasteiger partial charge in [-0.1, -0.05) is 26.0 Å². The monoisotopic (exact) mass is 249 g/mol. The normalized spacial score (nSPS) is 18.1. The molecule has 1 amide bonds. The van der Waals surface area contributed by atoms with E-state index in [1.807, 2.05) is 0 Å². The van der Waals surface area contributed by atoms with Gasteiger partial charge in [-0.2, -0.15) is 0 Å². The summed E-state index contributed by atoms with van der Waals surface area (Å²) in [6.07, 6.45) is 3.18. The summed E-state index contributed by atoms with van der Waals surface area (Å²) < 4.78 is 13.6. The van der Waals surface area contributed by atoms with E-state index in [0.29, 0.717) is 0 Å². The van der Waals surface area contributed by atoms with E-state index in [4.69, 9.17) is 0 Å². The fourth-order valence-corrected chi connectivity index (χ4v) is 2.74. The van der Waals surface area contributed by atoms with Gasteiger partial charge in [0.1, 0.15) is 5.82 Å². The molecule has 1 saturated heterocycles. The van der Waals surface area contributed by atoms with Gasteiger partial charge < -0.3 is 4.90 Å². The molecule has 98 valence electrons. The molecule has 0 saturated carbocycles. The number of likely N-dealkylation sites (tertiary alicyclic amines) is 1. The Bertz CT molecular complexity index is 440. The van der Waals surface area contributed by atoms with Crippen LogP contribution in [0, 0.1) is 11.2 Å². The van der Waals surface area contributed by atoms with Crippen LogP contribution in [-0.4, -0.2) is 23.9 Å². The highest BCUT2D eigenvalue weighted by atomic mass is 19.1. The zero-order valence-electron chi connectivity index (χ0n) is 11.1. The van der Waals surface area contributed by atoms with E-state index in [2.05, 4.69) is 13.8 Å². The molecule has 0 aliphatic carbocycles. The van der Waals surface area contributed by atoms with Crippen LogP contribution < -0.4 is 0 Å². The number of hydrogen-bond acceptors (Lipinski definition) is 1. The molecule has 0 bridgehead atoms. The second kappa shape index (κ2) is 5.09. The van der Waals surface area contributed by atoms with Crippen LogP contribution in [0.1, 0.15) is 43.5 Å². The predicted molar refractivity (Wildman–Crippen MR) is 69.9 cm³/mol. The standard InChI is InChI=1S/C15H20FNO/c1-3-15(4-2)9-10-17(11-15)14(18)12-7-5-6-8-13(12)16/h5-8H,3-4,9-11H2,1-2H3. The van der Waals surface area contributed by atoms with Gasteiger partial charge >= 0.3 is 0 Å². The molecular formula is C15H20FNO. The minimum atomic E-state index is -0.423. The van der Waals surface area contributed by atoms with Crippen LogP contribution in [0.5, 0.6) is 0 Å². The molecule has 3 heteroatoms. The lowest BCUT2D eigenvalue weighted by molar-refractivity contribution is 0.0765. The summed E-state index contributed by atoms with van der Waals surface area (Å²) in [7, 11) is 0. The molecule has 1 fully saturated rings. The van der Waals surface area contributed by atoms with Crippen molar-refractivity contribution in [2.24, 2.45) is 5.41 Å². The second-order valence-corrected chi connectivity index (χ2v) is 5.16. The van der Waals surface area contributed by atoms with Gasteiger partial charge in [0.15, 0.2) is 0 Å². The summed E-state index contributed by atoms with van der Waals surface area (Å²) in [5.74, 6) is -0.593. The number of rotatable bonds is 3. The van der Waals surface area contributed by atoms with Gasteiger partial charge in [0, 0.05) is 13.1 Å². The topological polar surface area (TPSA) is 20.3 Å². The highest BCUT2D eigenvalue weighted by molar-refractivity contribution is 5.94.